The number of nitrogens with zero attached hydrogens (tertiary/aromatic N) is 3. The fraction of sp³-hybridized carbons (Fsp3) is 0.444. The number of benzene rings is 1. The Balaban J connectivity index is 2.34. The molecule has 1 N–H and O–H groups in total. The van der Waals surface area contributed by atoms with Crippen LogP contribution in [0.3, 0.4) is 0 Å². The number of nitriles is 1. The predicted molar refractivity (Wildman–Crippen MR) is 146 cm³/mol. The molecule has 0 saturated carbocycles. The van der Waals surface area contributed by atoms with Crippen LogP contribution in [0.5, 0.6) is 5.75 Å². The Morgan fingerprint density at radius 2 is 1.98 bits per heavy atom. The smallest absolute Gasteiger partial charge is 0.348 e. The molecule has 0 aliphatic rings. The van der Waals surface area contributed by atoms with Gasteiger partial charge < -0.3 is 19.5 Å². The van der Waals surface area contributed by atoms with Gasteiger partial charge in [0.1, 0.15) is 33.4 Å². The summed E-state index contributed by atoms with van der Waals surface area (Å²) in [5.41, 5.74) is -0.977. The second kappa shape index (κ2) is 13.4. The average Bonchev–Trinajstić information content (AvgIpc) is 3.27. The molecule has 0 spiro atoms. The van der Waals surface area contributed by atoms with Gasteiger partial charge >= 0.3 is 11.7 Å². The highest BCUT2D eigenvalue weighted by Gasteiger charge is 2.29. The first-order valence-corrected chi connectivity index (χ1v) is 13.5. The number of nitrogens with one attached hydrogen (secondary N) is 1. The Kier molecular flexibility index (Phi) is 10.2. The Hall–Kier alpha value is -4.02. The van der Waals surface area contributed by atoms with Crippen LogP contribution in [-0.4, -0.2) is 47.9 Å². The number of carbonyl (C=O) groups excluding carboxylic acids is 2. The van der Waals surface area contributed by atoms with Crippen molar-refractivity contribution in [3.8, 4) is 11.8 Å². The molecule has 0 aliphatic carbocycles. The lowest BCUT2D eigenvalue weighted by Gasteiger charge is -2.23. The summed E-state index contributed by atoms with van der Waals surface area (Å²) in [5.74, 6) is -1.49. The van der Waals surface area contributed by atoms with Crippen molar-refractivity contribution in [1.82, 2.24) is 14.5 Å². The zero-order valence-electron chi connectivity index (χ0n) is 22.9. The number of aryl methyl sites for hydroxylation is 1. The van der Waals surface area contributed by atoms with E-state index in [0.29, 0.717) is 5.56 Å². The lowest BCUT2D eigenvalue weighted by Crippen LogP contribution is -2.46. The average molecular weight is 575 g/mol. The number of thiophene rings is 1. The number of esters is 1. The number of methoxy groups -OCH3 is 1. The maximum Gasteiger partial charge on any atom is 0.348 e. The number of hydrogen-bond acceptors (Lipinski definition) is 9. The highest BCUT2D eigenvalue weighted by Crippen LogP contribution is 2.33. The van der Waals surface area contributed by atoms with E-state index in [9.17, 15) is 23.6 Å². The first-order chi connectivity index (χ1) is 19.1. The highest BCUT2D eigenvalue weighted by atomic mass is 32.1. The maximum absolute atomic E-state index is 14.3. The van der Waals surface area contributed by atoms with E-state index < -0.39 is 41.1 Å². The summed E-state index contributed by atoms with van der Waals surface area (Å²) in [5, 5.41) is 11.7. The van der Waals surface area contributed by atoms with E-state index in [2.05, 4.69) is 5.32 Å². The number of ether oxygens (including phenoxy) is 3. The number of likely N-dealkylation sites (N-methyl/N-ethyl adjacent to an activating group) is 1. The van der Waals surface area contributed by atoms with Crippen LogP contribution >= 0.6 is 11.3 Å². The van der Waals surface area contributed by atoms with Crippen molar-refractivity contribution >= 4 is 33.4 Å². The van der Waals surface area contributed by atoms with Gasteiger partial charge in [-0.2, -0.15) is 5.26 Å². The van der Waals surface area contributed by atoms with Crippen LogP contribution < -0.4 is 21.3 Å². The molecule has 13 heteroatoms. The van der Waals surface area contributed by atoms with E-state index >= 15 is 0 Å². The van der Waals surface area contributed by atoms with Gasteiger partial charge in [-0.3, -0.25) is 14.2 Å². The molecule has 0 aliphatic heterocycles. The second-order valence-corrected chi connectivity index (χ2v) is 9.75. The molecule has 11 nitrogen and oxygen atoms in total. The van der Waals surface area contributed by atoms with E-state index in [4.69, 9.17) is 19.5 Å². The molecule has 2 atom stereocenters. The van der Waals surface area contributed by atoms with Gasteiger partial charge in [-0.1, -0.05) is 0 Å². The van der Waals surface area contributed by atoms with Crippen LogP contribution in [0.2, 0.25) is 0 Å². The molecule has 40 heavy (non-hydrogen) atoms. The molecule has 2 unspecified atom stereocenters. The Labute approximate surface area is 233 Å². The van der Waals surface area contributed by atoms with Crippen LogP contribution in [0, 0.1) is 24.1 Å². The highest BCUT2D eigenvalue weighted by molar-refractivity contribution is 7.20. The SMILES string of the molecule is CCNC(=O)C(C)n1c(=O)c2c(C)c(C(=O)OCC)sc2n(CC(OCCC#N)c2cc(F)ccc2OC)c1=O. The molecule has 2 aromatic heterocycles. The number of fused-ring (bicyclic) bond motifs is 1. The van der Waals surface area contributed by atoms with E-state index in [1.165, 1.54) is 36.8 Å². The third-order valence-electron chi connectivity index (χ3n) is 6.24. The van der Waals surface area contributed by atoms with Crippen molar-refractivity contribution in [3.05, 3.63) is 60.9 Å². The molecule has 0 saturated heterocycles. The first-order valence-electron chi connectivity index (χ1n) is 12.7. The minimum absolute atomic E-state index is 0.0251. The standard InChI is InChI=1S/C27H31FN4O7S/c1-6-30-23(33)16(4)32-24(34)21-15(3)22(26(35)38-7-2)40-25(21)31(27(32)36)14-20(39-12-8-11-29)18-13-17(28)9-10-19(18)37-5/h9-10,13,16,20H,6-8,12,14H2,1-5H3,(H,30,33). The van der Waals surface area contributed by atoms with Gasteiger partial charge in [0.05, 0.1) is 44.7 Å². The van der Waals surface area contributed by atoms with Gasteiger partial charge in [-0.05, 0) is 51.5 Å². The van der Waals surface area contributed by atoms with Crippen LogP contribution in [0.4, 0.5) is 4.39 Å². The molecule has 3 aromatic rings. The summed E-state index contributed by atoms with van der Waals surface area (Å²) < 4.78 is 32.9. The van der Waals surface area contributed by atoms with Gasteiger partial charge in [-0.15, -0.1) is 11.3 Å². The third-order valence-corrected chi connectivity index (χ3v) is 7.54. The van der Waals surface area contributed by atoms with Crippen molar-refractivity contribution in [2.24, 2.45) is 0 Å². The van der Waals surface area contributed by atoms with Gasteiger partial charge in [0.2, 0.25) is 5.91 Å². The fourth-order valence-corrected chi connectivity index (χ4v) is 5.50. The number of carbonyl (C=O) groups is 2. The van der Waals surface area contributed by atoms with Crippen molar-refractivity contribution in [3.63, 3.8) is 0 Å². The van der Waals surface area contributed by atoms with Gasteiger partial charge in [0.15, 0.2) is 0 Å². The molecule has 0 bridgehead atoms. The normalized spacial score (nSPS) is 12.5. The van der Waals surface area contributed by atoms with Crippen molar-refractivity contribution in [2.45, 2.75) is 52.8 Å². The van der Waals surface area contributed by atoms with Crippen LogP contribution in [0.25, 0.3) is 10.2 Å². The zero-order chi connectivity index (χ0) is 29.6. The van der Waals surface area contributed by atoms with Crippen molar-refractivity contribution in [2.75, 3.05) is 26.9 Å². The minimum atomic E-state index is -1.18. The third kappa shape index (κ3) is 6.08. The second-order valence-electron chi connectivity index (χ2n) is 8.75. The number of amides is 1. The van der Waals surface area contributed by atoms with E-state index in [1.807, 2.05) is 6.07 Å². The summed E-state index contributed by atoms with van der Waals surface area (Å²) in [6, 6.07) is 4.62. The zero-order valence-corrected chi connectivity index (χ0v) is 23.7. The van der Waals surface area contributed by atoms with Crippen LogP contribution in [0.1, 0.15) is 60.1 Å². The van der Waals surface area contributed by atoms with Crippen LogP contribution in [0.15, 0.2) is 27.8 Å². The van der Waals surface area contributed by atoms with Crippen molar-refractivity contribution in [1.29, 1.82) is 5.26 Å². The fourth-order valence-electron chi connectivity index (χ4n) is 4.31. The summed E-state index contributed by atoms with van der Waals surface area (Å²) in [7, 11) is 1.40. The lowest BCUT2D eigenvalue weighted by atomic mass is 10.1. The molecule has 214 valence electrons. The Morgan fingerprint density at radius 3 is 2.60 bits per heavy atom. The minimum Gasteiger partial charge on any atom is -0.496 e. The topological polar surface area (TPSA) is 142 Å². The molecule has 0 fully saturated rings. The molecule has 3 rings (SSSR count). The monoisotopic (exact) mass is 574 g/mol. The molecule has 2 heterocycles. The van der Waals surface area contributed by atoms with E-state index in [1.54, 1.807) is 20.8 Å². The first kappa shape index (κ1) is 30.5. The molecular formula is C27H31FN4O7S. The van der Waals surface area contributed by atoms with Gasteiger partial charge in [0, 0.05) is 12.1 Å². The number of hydrogen-bond donors (Lipinski definition) is 1. The van der Waals surface area contributed by atoms with E-state index in [-0.39, 0.29) is 59.1 Å². The van der Waals surface area contributed by atoms with E-state index in [0.717, 1.165) is 15.9 Å². The summed E-state index contributed by atoms with van der Waals surface area (Å²) in [4.78, 5) is 53.3. The van der Waals surface area contributed by atoms with Crippen LogP contribution in [-0.2, 0) is 20.8 Å². The number of halogens is 1. The van der Waals surface area contributed by atoms with Crippen molar-refractivity contribution < 1.29 is 28.2 Å². The molecule has 0 radical (unpaired) electrons. The summed E-state index contributed by atoms with van der Waals surface area (Å²) in [6.07, 6.45) is -0.976. The summed E-state index contributed by atoms with van der Waals surface area (Å²) in [6.45, 7) is 6.45. The Bertz CT molecular complexity index is 1570. The quantitative estimate of drug-likeness (QED) is 0.257. The Morgan fingerprint density at radius 1 is 1.25 bits per heavy atom. The number of rotatable bonds is 12. The summed E-state index contributed by atoms with van der Waals surface area (Å²) >= 11 is 0.906. The maximum atomic E-state index is 14.3. The molecular weight excluding hydrogens is 543 g/mol. The van der Waals surface area contributed by atoms with Gasteiger partial charge in [0.25, 0.3) is 5.56 Å². The van der Waals surface area contributed by atoms with Gasteiger partial charge in [-0.25, -0.2) is 18.5 Å². The molecule has 1 amide bonds. The molecule has 1 aromatic carbocycles. The number of aromatic nitrogens is 2. The lowest BCUT2D eigenvalue weighted by molar-refractivity contribution is -0.123. The largest absolute Gasteiger partial charge is 0.496 e. The predicted octanol–water partition coefficient (Wildman–Crippen LogP) is 3.23.